The van der Waals surface area contributed by atoms with E-state index in [0.29, 0.717) is 5.52 Å². The summed E-state index contributed by atoms with van der Waals surface area (Å²) in [6, 6.07) is 7.24. The summed E-state index contributed by atoms with van der Waals surface area (Å²) in [6.45, 7) is 0. The number of H-pyrrole nitrogens is 1. The van der Waals surface area contributed by atoms with E-state index in [9.17, 15) is 8.42 Å². The van der Waals surface area contributed by atoms with Crippen LogP contribution >= 0.6 is 0 Å². The number of aryl methyl sites for hydroxylation is 1. The Morgan fingerprint density at radius 2 is 2.10 bits per heavy atom. The van der Waals surface area contributed by atoms with Crippen LogP contribution in [0, 0.1) is 0 Å². The molecular weight excluding hydrogens is 280 g/mol. The molecule has 2 heterocycles. The van der Waals surface area contributed by atoms with Crippen LogP contribution in [-0.4, -0.2) is 28.2 Å². The predicted molar refractivity (Wildman–Crippen MR) is 74.5 cm³/mol. The molecular formula is C11H12N6O2S. The van der Waals surface area contributed by atoms with Crippen molar-refractivity contribution < 1.29 is 8.42 Å². The second-order valence-corrected chi connectivity index (χ2v) is 5.91. The molecule has 0 unspecified atom stereocenters. The third-order valence-electron chi connectivity index (χ3n) is 2.73. The van der Waals surface area contributed by atoms with Gasteiger partial charge in [0.15, 0.2) is 5.82 Å². The molecule has 0 spiro atoms. The predicted octanol–water partition coefficient (Wildman–Crippen LogP) is 0.679. The summed E-state index contributed by atoms with van der Waals surface area (Å²) >= 11 is 0. The number of hydrogen-bond acceptors (Lipinski definition) is 5. The summed E-state index contributed by atoms with van der Waals surface area (Å²) in [7, 11) is -2.23. The normalized spacial score (nSPS) is 11.8. The molecule has 0 fully saturated rings. The largest absolute Gasteiger partial charge is 0.381 e. The van der Waals surface area contributed by atoms with Crippen molar-refractivity contribution in [2.75, 3.05) is 10.5 Å². The van der Waals surface area contributed by atoms with Crippen molar-refractivity contribution in [3.05, 3.63) is 30.5 Å². The molecule has 0 aliphatic rings. The standard InChI is InChI=1S/C11H12N6O2S/c1-17-6-9(10(12)15-17)20(18,19)16-11-13-7-4-2-3-5-8(7)14-11/h2-6H,1H3,(H2,12,15)(H2,13,14,16). The highest BCUT2D eigenvalue weighted by atomic mass is 32.2. The number of sulfonamides is 1. The zero-order chi connectivity index (χ0) is 14.3. The fourth-order valence-electron chi connectivity index (χ4n) is 1.87. The monoisotopic (exact) mass is 292 g/mol. The van der Waals surface area contributed by atoms with Crippen molar-refractivity contribution >= 4 is 32.8 Å². The Bertz CT molecular complexity index is 846. The van der Waals surface area contributed by atoms with Crippen LogP contribution in [-0.2, 0) is 17.1 Å². The summed E-state index contributed by atoms with van der Waals surface area (Å²) in [4.78, 5) is 6.94. The van der Waals surface area contributed by atoms with Crippen molar-refractivity contribution in [2.45, 2.75) is 4.90 Å². The summed E-state index contributed by atoms with van der Waals surface area (Å²) in [6.07, 6.45) is 1.33. The van der Waals surface area contributed by atoms with Gasteiger partial charge in [-0.2, -0.15) is 5.10 Å². The van der Waals surface area contributed by atoms with Crippen LogP contribution in [0.2, 0.25) is 0 Å². The van der Waals surface area contributed by atoms with Gasteiger partial charge >= 0.3 is 0 Å². The fourth-order valence-corrected chi connectivity index (χ4v) is 2.94. The zero-order valence-electron chi connectivity index (χ0n) is 10.5. The van der Waals surface area contributed by atoms with Gasteiger partial charge in [-0.15, -0.1) is 0 Å². The molecule has 3 aromatic rings. The summed E-state index contributed by atoms with van der Waals surface area (Å²) in [5.74, 6) is 0.0746. The lowest BCUT2D eigenvalue weighted by atomic mass is 10.3. The van der Waals surface area contributed by atoms with Gasteiger partial charge in [0.25, 0.3) is 10.0 Å². The number of nitrogen functional groups attached to an aromatic ring is 1. The molecule has 0 atom stereocenters. The van der Waals surface area contributed by atoms with E-state index in [4.69, 9.17) is 5.73 Å². The minimum absolute atomic E-state index is 0.0592. The first-order valence-electron chi connectivity index (χ1n) is 5.72. The van der Waals surface area contributed by atoms with E-state index < -0.39 is 10.0 Å². The molecule has 4 N–H and O–H groups in total. The van der Waals surface area contributed by atoms with Gasteiger partial charge in [0.05, 0.1) is 11.0 Å². The number of benzene rings is 1. The second kappa shape index (κ2) is 4.23. The van der Waals surface area contributed by atoms with E-state index >= 15 is 0 Å². The number of anilines is 2. The van der Waals surface area contributed by atoms with Crippen molar-refractivity contribution in [3.8, 4) is 0 Å². The molecule has 2 aromatic heterocycles. The minimum Gasteiger partial charge on any atom is -0.381 e. The van der Waals surface area contributed by atoms with E-state index in [-0.39, 0.29) is 16.7 Å². The van der Waals surface area contributed by atoms with Crippen LogP contribution in [0.1, 0.15) is 0 Å². The van der Waals surface area contributed by atoms with Crippen LogP contribution in [0.25, 0.3) is 11.0 Å². The van der Waals surface area contributed by atoms with Gasteiger partial charge in [-0.05, 0) is 12.1 Å². The van der Waals surface area contributed by atoms with Gasteiger partial charge < -0.3 is 10.7 Å². The third kappa shape index (κ3) is 2.07. The Labute approximate surface area is 114 Å². The van der Waals surface area contributed by atoms with Gasteiger partial charge in [-0.1, -0.05) is 12.1 Å². The number of para-hydroxylation sites is 2. The molecule has 0 saturated heterocycles. The molecule has 0 amide bonds. The lowest BCUT2D eigenvalue weighted by Gasteiger charge is -2.02. The summed E-state index contributed by atoms with van der Waals surface area (Å²) in [5, 5.41) is 3.81. The SMILES string of the molecule is Cn1cc(S(=O)(=O)Nc2nc3ccccc3[nH]2)c(N)n1. The first-order valence-corrected chi connectivity index (χ1v) is 7.21. The molecule has 8 nitrogen and oxygen atoms in total. The van der Waals surface area contributed by atoms with Crippen LogP contribution < -0.4 is 10.5 Å². The Balaban J connectivity index is 1.99. The molecule has 3 rings (SSSR count). The molecule has 9 heteroatoms. The number of aromatic amines is 1. The number of nitrogens with two attached hydrogens (primary N) is 1. The minimum atomic E-state index is -3.82. The molecule has 0 saturated carbocycles. The Morgan fingerprint density at radius 1 is 1.35 bits per heavy atom. The number of hydrogen-bond donors (Lipinski definition) is 3. The Morgan fingerprint density at radius 3 is 2.75 bits per heavy atom. The van der Waals surface area contributed by atoms with Gasteiger partial charge in [0.1, 0.15) is 4.90 Å². The lowest BCUT2D eigenvalue weighted by Crippen LogP contribution is -2.14. The van der Waals surface area contributed by atoms with Crippen molar-refractivity contribution in [2.24, 2.45) is 7.05 Å². The van der Waals surface area contributed by atoms with Crippen molar-refractivity contribution in [3.63, 3.8) is 0 Å². The van der Waals surface area contributed by atoms with Crippen LogP contribution in [0.15, 0.2) is 35.4 Å². The zero-order valence-corrected chi connectivity index (χ0v) is 11.3. The summed E-state index contributed by atoms with van der Waals surface area (Å²) in [5.41, 5.74) is 6.99. The number of rotatable bonds is 3. The van der Waals surface area contributed by atoms with E-state index in [0.717, 1.165) is 5.52 Å². The van der Waals surface area contributed by atoms with E-state index in [1.165, 1.54) is 10.9 Å². The molecule has 0 aliphatic heterocycles. The van der Waals surface area contributed by atoms with Gasteiger partial charge in [-0.3, -0.25) is 4.68 Å². The molecule has 0 aliphatic carbocycles. The number of imidazole rings is 1. The average molecular weight is 292 g/mol. The van der Waals surface area contributed by atoms with Gasteiger partial charge in [0.2, 0.25) is 5.95 Å². The van der Waals surface area contributed by atoms with Crippen LogP contribution in [0.4, 0.5) is 11.8 Å². The quantitative estimate of drug-likeness (QED) is 0.656. The third-order valence-corrected chi connectivity index (χ3v) is 4.09. The fraction of sp³-hybridized carbons (Fsp3) is 0.0909. The molecule has 0 radical (unpaired) electrons. The van der Waals surface area contributed by atoms with Crippen molar-refractivity contribution in [1.82, 2.24) is 19.7 Å². The van der Waals surface area contributed by atoms with Gasteiger partial charge in [0, 0.05) is 13.2 Å². The summed E-state index contributed by atoms with van der Waals surface area (Å²) < 4.78 is 28.1. The first-order chi connectivity index (χ1) is 9.45. The first kappa shape index (κ1) is 12.5. The number of fused-ring (bicyclic) bond motifs is 1. The van der Waals surface area contributed by atoms with E-state index in [1.54, 1.807) is 19.2 Å². The average Bonchev–Trinajstić information content (AvgIpc) is 2.91. The second-order valence-electron chi connectivity index (χ2n) is 4.26. The topological polar surface area (TPSA) is 119 Å². The van der Waals surface area contributed by atoms with E-state index in [2.05, 4.69) is 19.8 Å². The van der Waals surface area contributed by atoms with E-state index in [1.807, 2.05) is 12.1 Å². The molecule has 104 valence electrons. The van der Waals surface area contributed by atoms with Gasteiger partial charge in [-0.25, -0.2) is 18.1 Å². The molecule has 20 heavy (non-hydrogen) atoms. The highest BCUT2D eigenvalue weighted by Crippen LogP contribution is 2.20. The maximum atomic E-state index is 12.2. The maximum absolute atomic E-state index is 12.2. The van der Waals surface area contributed by atoms with Crippen molar-refractivity contribution in [1.29, 1.82) is 0 Å². The Hall–Kier alpha value is -2.55. The number of nitrogens with zero attached hydrogens (tertiary/aromatic N) is 3. The molecule has 1 aromatic carbocycles. The highest BCUT2D eigenvalue weighted by Gasteiger charge is 2.22. The number of aromatic nitrogens is 4. The van der Waals surface area contributed by atoms with Crippen LogP contribution in [0.5, 0.6) is 0 Å². The number of nitrogens with one attached hydrogen (secondary N) is 2. The smallest absolute Gasteiger partial charge is 0.269 e. The lowest BCUT2D eigenvalue weighted by molar-refractivity contribution is 0.601. The molecule has 0 bridgehead atoms. The maximum Gasteiger partial charge on any atom is 0.269 e. The van der Waals surface area contributed by atoms with Crippen LogP contribution in [0.3, 0.4) is 0 Å². The highest BCUT2D eigenvalue weighted by molar-refractivity contribution is 7.92. The Kier molecular flexibility index (Phi) is 2.64.